The van der Waals surface area contributed by atoms with Gasteiger partial charge < -0.3 is 29.7 Å². The highest BCUT2D eigenvalue weighted by atomic mass is 16.5. The number of carbonyl (C=O) groups excluding carboxylic acids is 2. The third-order valence-electron chi connectivity index (χ3n) is 19.8. The number of ether oxygens (including phenoxy) is 2. The molecule has 0 unspecified atom stereocenters. The second-order valence-corrected chi connectivity index (χ2v) is 20.7. The maximum Gasteiger partial charge on any atom is 0.362 e. The van der Waals surface area contributed by atoms with Crippen molar-refractivity contribution in [2.45, 2.75) is 145 Å². The van der Waals surface area contributed by atoms with Crippen LogP contribution < -0.4 is 4.90 Å². The van der Waals surface area contributed by atoms with Crippen LogP contribution in [-0.2, 0) is 24.5 Å². The highest BCUT2D eigenvalue weighted by molar-refractivity contribution is 5.85. The average Bonchev–Trinajstić information content (AvgIpc) is 3.83. The fourth-order valence-electron chi connectivity index (χ4n) is 17.6. The molecule has 1 aromatic carbocycles. The van der Waals surface area contributed by atoms with Crippen LogP contribution >= 0.6 is 0 Å². The van der Waals surface area contributed by atoms with Crippen LogP contribution in [0.15, 0.2) is 35.9 Å². The van der Waals surface area contributed by atoms with Crippen LogP contribution in [0.3, 0.4) is 0 Å². The summed E-state index contributed by atoms with van der Waals surface area (Å²) in [6, 6.07) is 8.74. The van der Waals surface area contributed by atoms with Gasteiger partial charge in [-0.15, -0.1) is 0 Å². The van der Waals surface area contributed by atoms with Gasteiger partial charge in [-0.25, -0.2) is 9.59 Å². The van der Waals surface area contributed by atoms with Gasteiger partial charge >= 0.3 is 11.9 Å². The fraction of sp³-hybridized carbons (Fsp3) is 0.778. The van der Waals surface area contributed by atoms with E-state index in [-0.39, 0.29) is 88.5 Å². The van der Waals surface area contributed by atoms with E-state index in [4.69, 9.17) is 9.47 Å². The lowest BCUT2D eigenvalue weighted by Gasteiger charge is -2.67. The van der Waals surface area contributed by atoms with Crippen LogP contribution in [0.25, 0.3) is 0 Å². The predicted molar refractivity (Wildman–Crippen MR) is 201 cm³/mol. The normalized spacial score (nSPS) is 54.4. The number of piperidine rings is 4. The van der Waals surface area contributed by atoms with Gasteiger partial charge in [0.2, 0.25) is 0 Å². The SMILES string of the molecule is CC[C@H]1[C@H]2C[C@H]3[C@@H]4N(C)c5ccccc5[C@]45C[C@@H]([C@@H]2[C@H]5O)[N@@+]3(CC(=O)O[C@H]2CC[C@@]3(C)[C@H](CC[C@@H]4[C@@H]3CC[C@]3(C)[C@@H](C5=CC(=O)OC5)CC[C@]43O)C2)[C@@H]1O. The minimum atomic E-state index is -0.739. The van der Waals surface area contributed by atoms with Gasteiger partial charge in [-0.2, -0.15) is 0 Å². The summed E-state index contributed by atoms with van der Waals surface area (Å²) in [5.41, 5.74) is 2.28. The Hall–Kier alpha value is -2.46. The molecule has 9 fully saturated rings. The van der Waals surface area contributed by atoms with Crippen LogP contribution in [-0.4, -0.2) is 94.1 Å². The van der Waals surface area contributed by atoms with Gasteiger partial charge in [0.05, 0.1) is 29.2 Å². The molecule has 4 saturated heterocycles. The number of cyclic esters (lactones) is 1. The van der Waals surface area contributed by atoms with Crippen LogP contribution in [0.2, 0.25) is 0 Å². The van der Waals surface area contributed by atoms with Crippen molar-refractivity contribution >= 4 is 17.6 Å². The summed E-state index contributed by atoms with van der Waals surface area (Å²) < 4.78 is 12.3. The van der Waals surface area contributed by atoms with E-state index in [1.807, 2.05) is 0 Å². The van der Waals surface area contributed by atoms with Crippen LogP contribution in [0.1, 0.15) is 103 Å². The highest BCUT2D eigenvalue weighted by Crippen LogP contribution is 2.73. The first kappa shape index (κ1) is 34.8. The number of quaternary nitrogens is 1. The predicted octanol–water partition coefficient (Wildman–Crippen LogP) is 5.24. The van der Waals surface area contributed by atoms with Crippen molar-refractivity contribution in [3.8, 4) is 0 Å². The Morgan fingerprint density at radius 2 is 1.83 bits per heavy atom. The number of carbonyl (C=O) groups is 2. The molecule has 0 amide bonds. The molecule has 1 aromatic rings. The van der Waals surface area contributed by atoms with Crippen molar-refractivity contribution in [2.24, 2.45) is 52.3 Å². The Bertz CT molecular complexity index is 1830. The van der Waals surface area contributed by atoms with Crippen molar-refractivity contribution in [2.75, 3.05) is 25.1 Å². The van der Waals surface area contributed by atoms with Crippen molar-refractivity contribution in [3.05, 3.63) is 41.5 Å². The number of hydrogen-bond donors (Lipinski definition) is 3. The molecule has 6 heterocycles. The van der Waals surface area contributed by atoms with E-state index in [2.05, 4.69) is 57.0 Å². The van der Waals surface area contributed by atoms with Gasteiger partial charge in [0.25, 0.3) is 0 Å². The van der Waals surface area contributed by atoms with E-state index < -0.39 is 17.9 Å². The molecule has 5 aliphatic carbocycles. The number of aliphatic hydroxyl groups is 3. The molecule has 292 valence electrons. The third kappa shape index (κ3) is 3.88. The molecular weight excluding hydrogens is 681 g/mol. The van der Waals surface area contributed by atoms with E-state index in [1.54, 1.807) is 6.08 Å². The zero-order valence-corrected chi connectivity index (χ0v) is 32.7. The van der Waals surface area contributed by atoms with Crippen LogP contribution in [0.5, 0.6) is 0 Å². The van der Waals surface area contributed by atoms with Gasteiger partial charge in [-0.3, -0.25) is 4.48 Å². The van der Waals surface area contributed by atoms with Crippen molar-refractivity contribution in [1.29, 1.82) is 0 Å². The topological polar surface area (TPSA) is 117 Å². The second kappa shape index (κ2) is 11.1. The Balaban J connectivity index is 0.829. The summed E-state index contributed by atoms with van der Waals surface area (Å²) in [4.78, 5) is 28.8. The lowest BCUT2D eigenvalue weighted by Crippen LogP contribution is -2.83. The van der Waals surface area contributed by atoms with Gasteiger partial charge in [-0.1, -0.05) is 39.0 Å². The minimum Gasteiger partial charge on any atom is -0.458 e. The zero-order chi connectivity index (χ0) is 37.3. The first-order valence-corrected chi connectivity index (χ1v) is 21.7. The Morgan fingerprint density at radius 3 is 2.61 bits per heavy atom. The number of benzene rings is 1. The van der Waals surface area contributed by atoms with Crippen LogP contribution in [0, 0.1) is 52.3 Å². The van der Waals surface area contributed by atoms with Gasteiger partial charge in [-0.05, 0) is 116 Å². The smallest absolute Gasteiger partial charge is 0.362 e. The number of aliphatic hydroxyl groups excluding tert-OH is 2. The van der Waals surface area contributed by atoms with Gasteiger partial charge in [0.15, 0.2) is 12.8 Å². The van der Waals surface area contributed by atoms with Crippen molar-refractivity contribution in [3.63, 3.8) is 0 Å². The number of anilines is 1. The standard InChI is InChI=1S/C45H61N2O7/c1-5-27-28-20-34-39-44(32-8-6-7-9-33(32)46(39)4)21-35(38(28)40(44)50)47(34,41(27)51)22-37(49)54-26-12-15-42(2)25(19-26)10-11-31-30(42)13-16-43(3)29(14-17-45(31,43)52)24-18-36(48)53-23-24/h6-9,18,25-31,34-35,38-41,50-52H,5,10-17,19-23H2,1-4H3/q+1/t25-,26+,27+,28-,29-,30+,31-,34+,35+,38-,39+,40-,41-,42+,43-,44-,45+,47+/m1/s1. The maximum absolute atomic E-state index is 14.5. The monoisotopic (exact) mass is 741 g/mol. The van der Waals surface area contributed by atoms with E-state index in [1.165, 1.54) is 11.3 Å². The number of fused-ring (bicyclic) bond motifs is 7. The van der Waals surface area contributed by atoms with E-state index >= 15 is 0 Å². The summed E-state index contributed by atoms with van der Waals surface area (Å²) in [6.45, 7) is 7.48. The molecule has 9 heteroatoms. The lowest BCUT2D eigenvalue weighted by molar-refractivity contribution is -1.03. The van der Waals surface area contributed by atoms with Crippen molar-refractivity contribution < 1.29 is 38.9 Å². The lowest BCUT2D eigenvalue weighted by atomic mass is 9.43. The molecule has 9 nitrogen and oxygen atoms in total. The first-order valence-electron chi connectivity index (χ1n) is 21.7. The number of para-hydroxylation sites is 1. The minimum absolute atomic E-state index is 0.0370. The van der Waals surface area contributed by atoms with Crippen LogP contribution in [0.4, 0.5) is 5.69 Å². The fourth-order valence-corrected chi connectivity index (χ4v) is 17.6. The summed E-state index contributed by atoms with van der Waals surface area (Å²) >= 11 is 0. The Labute approximate surface area is 320 Å². The molecule has 6 aliphatic heterocycles. The molecule has 5 saturated carbocycles. The summed E-state index contributed by atoms with van der Waals surface area (Å²) in [6.07, 6.45) is 11.5. The third-order valence-corrected chi connectivity index (χ3v) is 19.8. The van der Waals surface area contributed by atoms with E-state index in [0.717, 1.165) is 82.6 Å². The van der Waals surface area contributed by atoms with Gasteiger partial charge in [0.1, 0.15) is 18.8 Å². The zero-order valence-electron chi connectivity index (χ0n) is 32.7. The average molecular weight is 742 g/mol. The molecule has 0 aromatic heterocycles. The number of esters is 2. The molecule has 18 atom stereocenters. The molecule has 3 N–H and O–H groups in total. The number of hydrogen-bond acceptors (Lipinski definition) is 8. The number of likely N-dealkylation sites (N-methyl/N-ethyl adjacent to an activating group) is 1. The van der Waals surface area contributed by atoms with E-state index in [9.17, 15) is 24.9 Å². The number of nitrogens with zero attached hydrogens (tertiary/aromatic N) is 2. The Kier molecular flexibility index (Phi) is 7.17. The highest BCUT2D eigenvalue weighted by Gasteiger charge is 2.83. The summed E-state index contributed by atoms with van der Waals surface area (Å²) in [5.74, 6) is 1.32. The quantitative estimate of drug-likeness (QED) is 0.278. The van der Waals surface area contributed by atoms with Gasteiger partial charge in [0, 0.05) is 48.9 Å². The molecule has 5 bridgehead atoms. The summed E-state index contributed by atoms with van der Waals surface area (Å²) in [7, 11) is 2.17. The molecule has 12 rings (SSSR count). The largest absolute Gasteiger partial charge is 0.458 e. The molecule has 1 spiro atoms. The molecular formula is C45H61N2O7+. The number of rotatable bonds is 5. The van der Waals surface area contributed by atoms with E-state index in [0.29, 0.717) is 22.9 Å². The molecule has 11 aliphatic rings. The van der Waals surface area contributed by atoms with Crippen molar-refractivity contribution in [1.82, 2.24) is 0 Å². The molecule has 0 radical (unpaired) electrons. The molecule has 54 heavy (non-hydrogen) atoms. The maximum atomic E-state index is 14.5. The Morgan fingerprint density at radius 1 is 1.02 bits per heavy atom. The first-order chi connectivity index (χ1) is 25.8. The summed E-state index contributed by atoms with van der Waals surface area (Å²) in [5, 5.41) is 37.5. The second-order valence-electron chi connectivity index (χ2n) is 20.7.